The van der Waals surface area contributed by atoms with E-state index in [4.69, 9.17) is 0 Å². The summed E-state index contributed by atoms with van der Waals surface area (Å²) in [6.45, 7) is 11.0. The SMILES string of the molecule is Cc1cccc(C)c1C(O)CNC(C)(C)C. The predicted octanol–water partition coefficient (Wildman–Crippen LogP) is 2.72. The number of aliphatic hydroxyl groups excluding tert-OH is 1. The average molecular weight is 221 g/mol. The molecular weight excluding hydrogens is 198 g/mol. The van der Waals surface area contributed by atoms with Gasteiger partial charge in [-0.2, -0.15) is 0 Å². The Bertz CT molecular complexity index is 332. The molecular formula is C14H23NO. The molecule has 0 aromatic heterocycles. The highest BCUT2D eigenvalue weighted by Crippen LogP contribution is 2.21. The Morgan fingerprint density at radius 3 is 2.12 bits per heavy atom. The molecule has 0 aliphatic heterocycles. The molecule has 1 aromatic rings. The molecule has 0 amide bonds. The molecule has 90 valence electrons. The molecule has 1 rings (SSSR count). The van der Waals surface area contributed by atoms with Crippen LogP contribution in [0.3, 0.4) is 0 Å². The van der Waals surface area contributed by atoms with Crippen molar-refractivity contribution in [3.05, 3.63) is 34.9 Å². The monoisotopic (exact) mass is 221 g/mol. The van der Waals surface area contributed by atoms with Crippen LogP contribution in [-0.4, -0.2) is 17.2 Å². The largest absolute Gasteiger partial charge is 0.387 e. The van der Waals surface area contributed by atoms with Crippen LogP contribution >= 0.6 is 0 Å². The highest BCUT2D eigenvalue weighted by molar-refractivity contribution is 5.35. The fourth-order valence-corrected chi connectivity index (χ4v) is 1.86. The van der Waals surface area contributed by atoms with Gasteiger partial charge in [-0.15, -0.1) is 0 Å². The van der Waals surface area contributed by atoms with E-state index >= 15 is 0 Å². The molecule has 0 fully saturated rings. The minimum atomic E-state index is -0.430. The first-order valence-corrected chi connectivity index (χ1v) is 5.80. The fourth-order valence-electron chi connectivity index (χ4n) is 1.86. The van der Waals surface area contributed by atoms with E-state index < -0.39 is 6.10 Å². The Morgan fingerprint density at radius 2 is 1.69 bits per heavy atom. The van der Waals surface area contributed by atoms with Crippen LogP contribution in [0.2, 0.25) is 0 Å². The lowest BCUT2D eigenvalue weighted by Gasteiger charge is -2.24. The summed E-state index contributed by atoms with van der Waals surface area (Å²) in [5.74, 6) is 0. The molecule has 2 nitrogen and oxygen atoms in total. The zero-order valence-electron chi connectivity index (χ0n) is 11.0. The number of hydrogen-bond acceptors (Lipinski definition) is 2. The molecule has 0 saturated carbocycles. The quantitative estimate of drug-likeness (QED) is 0.822. The molecule has 0 aliphatic carbocycles. The third-order valence-corrected chi connectivity index (χ3v) is 2.70. The summed E-state index contributed by atoms with van der Waals surface area (Å²) in [5, 5.41) is 13.5. The second kappa shape index (κ2) is 4.98. The molecule has 0 aliphatic rings. The molecule has 1 atom stereocenters. The number of hydrogen-bond donors (Lipinski definition) is 2. The Labute approximate surface area is 98.7 Å². The van der Waals surface area contributed by atoms with Gasteiger partial charge >= 0.3 is 0 Å². The number of β-amino-alcohol motifs (C(OH)–C–C–N with tert-alkyl or cyclic N) is 1. The minimum Gasteiger partial charge on any atom is -0.387 e. The van der Waals surface area contributed by atoms with Crippen LogP contribution in [-0.2, 0) is 0 Å². The maximum atomic E-state index is 10.2. The number of aryl methyl sites for hydroxylation is 2. The second-order valence-electron chi connectivity index (χ2n) is 5.45. The van der Waals surface area contributed by atoms with Gasteiger partial charge in [0.05, 0.1) is 6.10 Å². The number of nitrogens with one attached hydrogen (secondary N) is 1. The standard InChI is InChI=1S/C14H23NO/c1-10-7-6-8-11(2)13(10)12(16)9-15-14(3,4)5/h6-8,12,15-16H,9H2,1-5H3. The molecule has 0 saturated heterocycles. The molecule has 1 unspecified atom stereocenters. The Kier molecular flexibility index (Phi) is 4.11. The van der Waals surface area contributed by atoms with Gasteiger partial charge in [-0.25, -0.2) is 0 Å². The lowest BCUT2D eigenvalue weighted by atomic mass is 9.97. The molecule has 16 heavy (non-hydrogen) atoms. The van der Waals surface area contributed by atoms with Gasteiger partial charge < -0.3 is 10.4 Å². The van der Waals surface area contributed by atoms with Crippen molar-refractivity contribution in [2.24, 2.45) is 0 Å². The summed E-state index contributed by atoms with van der Waals surface area (Å²) >= 11 is 0. The van der Waals surface area contributed by atoms with Crippen molar-refractivity contribution in [2.45, 2.75) is 46.3 Å². The maximum absolute atomic E-state index is 10.2. The van der Waals surface area contributed by atoms with Crippen molar-refractivity contribution >= 4 is 0 Å². The summed E-state index contributed by atoms with van der Waals surface area (Å²) in [4.78, 5) is 0. The van der Waals surface area contributed by atoms with Gasteiger partial charge in [-0.3, -0.25) is 0 Å². The molecule has 0 radical (unpaired) electrons. The number of aliphatic hydroxyl groups is 1. The predicted molar refractivity (Wildman–Crippen MR) is 68.6 cm³/mol. The van der Waals surface area contributed by atoms with Gasteiger partial charge in [-0.05, 0) is 51.3 Å². The summed E-state index contributed by atoms with van der Waals surface area (Å²) < 4.78 is 0. The summed E-state index contributed by atoms with van der Waals surface area (Å²) in [6, 6.07) is 6.11. The van der Waals surface area contributed by atoms with Gasteiger partial charge in [0.2, 0.25) is 0 Å². The van der Waals surface area contributed by atoms with Gasteiger partial charge in [0, 0.05) is 12.1 Å². The van der Waals surface area contributed by atoms with Crippen molar-refractivity contribution < 1.29 is 5.11 Å². The third kappa shape index (κ3) is 3.62. The van der Waals surface area contributed by atoms with Crippen molar-refractivity contribution in [2.75, 3.05) is 6.54 Å². The van der Waals surface area contributed by atoms with E-state index in [-0.39, 0.29) is 5.54 Å². The van der Waals surface area contributed by atoms with E-state index in [2.05, 4.69) is 26.1 Å². The zero-order chi connectivity index (χ0) is 12.3. The van der Waals surface area contributed by atoms with Gasteiger partial charge in [0.1, 0.15) is 0 Å². The fraction of sp³-hybridized carbons (Fsp3) is 0.571. The van der Waals surface area contributed by atoms with Crippen LogP contribution < -0.4 is 5.32 Å². The van der Waals surface area contributed by atoms with E-state index in [9.17, 15) is 5.11 Å². The van der Waals surface area contributed by atoms with Crippen LogP contribution in [0.1, 0.15) is 43.6 Å². The molecule has 1 aromatic carbocycles. The first-order valence-electron chi connectivity index (χ1n) is 5.80. The summed E-state index contributed by atoms with van der Waals surface area (Å²) in [5.41, 5.74) is 3.41. The van der Waals surface area contributed by atoms with Crippen LogP contribution in [0.15, 0.2) is 18.2 Å². The van der Waals surface area contributed by atoms with E-state index in [0.717, 1.165) is 16.7 Å². The normalized spacial score (nSPS) is 13.9. The van der Waals surface area contributed by atoms with Crippen molar-refractivity contribution in [3.63, 3.8) is 0 Å². The molecule has 2 N–H and O–H groups in total. The second-order valence-corrected chi connectivity index (χ2v) is 5.45. The first-order chi connectivity index (χ1) is 7.31. The van der Waals surface area contributed by atoms with Crippen LogP contribution in [0.5, 0.6) is 0 Å². The van der Waals surface area contributed by atoms with Gasteiger partial charge in [0.25, 0.3) is 0 Å². The first kappa shape index (κ1) is 13.2. The van der Waals surface area contributed by atoms with Crippen molar-refractivity contribution in [1.29, 1.82) is 0 Å². The minimum absolute atomic E-state index is 0.0393. The Hall–Kier alpha value is -0.860. The molecule has 0 spiro atoms. The summed E-state index contributed by atoms with van der Waals surface area (Å²) in [7, 11) is 0. The van der Waals surface area contributed by atoms with Gasteiger partial charge in [-0.1, -0.05) is 18.2 Å². The van der Waals surface area contributed by atoms with E-state index in [1.165, 1.54) is 0 Å². The Morgan fingerprint density at radius 1 is 1.19 bits per heavy atom. The van der Waals surface area contributed by atoms with Crippen LogP contribution in [0.25, 0.3) is 0 Å². The number of rotatable bonds is 3. The van der Waals surface area contributed by atoms with Gasteiger partial charge in [0.15, 0.2) is 0 Å². The van der Waals surface area contributed by atoms with E-state index in [0.29, 0.717) is 6.54 Å². The lowest BCUT2D eigenvalue weighted by molar-refractivity contribution is 0.162. The van der Waals surface area contributed by atoms with Crippen LogP contribution in [0, 0.1) is 13.8 Å². The lowest BCUT2D eigenvalue weighted by Crippen LogP contribution is -2.38. The average Bonchev–Trinajstić information content (AvgIpc) is 2.13. The summed E-state index contributed by atoms with van der Waals surface area (Å²) in [6.07, 6.45) is -0.430. The number of benzene rings is 1. The van der Waals surface area contributed by atoms with E-state index in [1.54, 1.807) is 0 Å². The Balaban J connectivity index is 2.77. The zero-order valence-corrected chi connectivity index (χ0v) is 11.0. The molecule has 0 heterocycles. The topological polar surface area (TPSA) is 32.3 Å². The van der Waals surface area contributed by atoms with Crippen molar-refractivity contribution in [3.8, 4) is 0 Å². The molecule has 2 heteroatoms. The molecule has 0 bridgehead atoms. The smallest absolute Gasteiger partial charge is 0.0919 e. The highest BCUT2D eigenvalue weighted by Gasteiger charge is 2.16. The third-order valence-electron chi connectivity index (χ3n) is 2.70. The maximum Gasteiger partial charge on any atom is 0.0919 e. The highest BCUT2D eigenvalue weighted by atomic mass is 16.3. The van der Waals surface area contributed by atoms with Crippen molar-refractivity contribution in [1.82, 2.24) is 5.32 Å². The van der Waals surface area contributed by atoms with Crippen LogP contribution in [0.4, 0.5) is 0 Å². The van der Waals surface area contributed by atoms with E-state index in [1.807, 2.05) is 32.0 Å².